The van der Waals surface area contributed by atoms with Crippen molar-refractivity contribution in [3.8, 4) is 0 Å². The van der Waals surface area contributed by atoms with Gasteiger partial charge in [-0.1, -0.05) is 0 Å². The molecule has 0 aromatic carbocycles. The minimum atomic E-state index is -1.17. The minimum Gasteiger partial charge on any atom is -0.475 e. The molecule has 0 amide bonds. The summed E-state index contributed by atoms with van der Waals surface area (Å²) in [7, 11) is 0. The van der Waals surface area contributed by atoms with Gasteiger partial charge in [0.2, 0.25) is 5.76 Å². The number of aromatic carboxylic acids is 1. The summed E-state index contributed by atoms with van der Waals surface area (Å²) in [6.07, 6.45) is 3.99. The summed E-state index contributed by atoms with van der Waals surface area (Å²) < 4.78 is 6.43. The summed E-state index contributed by atoms with van der Waals surface area (Å²) in [5, 5.41) is 8.85. The zero-order chi connectivity index (χ0) is 12.4. The van der Waals surface area contributed by atoms with Gasteiger partial charge in [-0.05, 0) is 22.0 Å². The first-order valence-corrected chi connectivity index (χ1v) is 5.38. The largest absolute Gasteiger partial charge is 0.475 e. The summed E-state index contributed by atoms with van der Waals surface area (Å²) in [5.41, 5.74) is 0.136. The van der Waals surface area contributed by atoms with Crippen molar-refractivity contribution in [3.63, 3.8) is 0 Å². The van der Waals surface area contributed by atoms with Gasteiger partial charge in [0, 0.05) is 11.8 Å². The van der Waals surface area contributed by atoms with Crippen LogP contribution in [0.3, 0.4) is 0 Å². The summed E-state index contributed by atoms with van der Waals surface area (Å²) in [6, 6.07) is 1.51. The number of hydrogen-bond donors (Lipinski definition) is 1. The number of aromatic nitrogens is 2. The molecule has 88 valence electrons. The first-order valence-electron chi connectivity index (χ1n) is 4.59. The van der Waals surface area contributed by atoms with Crippen LogP contribution in [0.15, 0.2) is 38.5 Å². The summed E-state index contributed by atoms with van der Waals surface area (Å²) >= 11 is 3.06. The Bertz CT molecular complexity index is 617. The molecule has 2 heterocycles. The first-order chi connectivity index (χ1) is 8.09. The van der Waals surface area contributed by atoms with E-state index < -0.39 is 5.97 Å². The van der Waals surface area contributed by atoms with Gasteiger partial charge in [0.15, 0.2) is 0 Å². The van der Waals surface area contributed by atoms with Gasteiger partial charge in [0.05, 0.1) is 19.1 Å². The zero-order valence-corrected chi connectivity index (χ0v) is 10.0. The molecule has 0 fully saturated rings. The van der Waals surface area contributed by atoms with E-state index in [2.05, 4.69) is 20.9 Å². The fourth-order valence-corrected chi connectivity index (χ4v) is 1.71. The molecule has 2 aromatic heterocycles. The lowest BCUT2D eigenvalue weighted by molar-refractivity contribution is 0.0660. The van der Waals surface area contributed by atoms with E-state index in [-0.39, 0.29) is 17.9 Å². The highest BCUT2D eigenvalue weighted by atomic mass is 79.9. The van der Waals surface area contributed by atoms with Crippen molar-refractivity contribution < 1.29 is 14.3 Å². The minimum absolute atomic E-state index is 0.101. The first kappa shape index (κ1) is 11.6. The lowest BCUT2D eigenvalue weighted by atomic mass is 10.2. The SMILES string of the molecule is O=C(O)c1occc1Cn1cncc(Br)c1=O. The Labute approximate surface area is 104 Å². The third kappa shape index (κ3) is 2.28. The maximum Gasteiger partial charge on any atom is 0.372 e. The van der Waals surface area contributed by atoms with Crippen molar-refractivity contribution in [3.05, 3.63) is 51.0 Å². The number of carboxylic acids is 1. The van der Waals surface area contributed by atoms with Gasteiger partial charge in [-0.2, -0.15) is 0 Å². The van der Waals surface area contributed by atoms with Crippen molar-refractivity contribution in [1.82, 2.24) is 9.55 Å². The molecule has 0 unspecified atom stereocenters. The van der Waals surface area contributed by atoms with E-state index in [1.807, 2.05) is 0 Å². The van der Waals surface area contributed by atoms with E-state index in [0.29, 0.717) is 10.0 Å². The molecule has 0 bridgehead atoms. The van der Waals surface area contributed by atoms with Crippen LogP contribution in [-0.4, -0.2) is 20.6 Å². The molecule has 0 aliphatic heterocycles. The molecular formula is C10H7BrN2O4. The Balaban J connectivity index is 2.38. The monoisotopic (exact) mass is 298 g/mol. The topological polar surface area (TPSA) is 85.3 Å². The molecule has 0 spiro atoms. The van der Waals surface area contributed by atoms with Crippen LogP contribution in [0.1, 0.15) is 16.1 Å². The molecule has 0 saturated heterocycles. The molecule has 1 N–H and O–H groups in total. The number of furan rings is 1. The average molecular weight is 299 g/mol. The number of hydrogen-bond acceptors (Lipinski definition) is 4. The van der Waals surface area contributed by atoms with Crippen molar-refractivity contribution in [2.75, 3.05) is 0 Å². The van der Waals surface area contributed by atoms with Crippen LogP contribution in [-0.2, 0) is 6.54 Å². The number of nitrogens with zero attached hydrogens (tertiary/aromatic N) is 2. The Morgan fingerprint density at radius 3 is 3.06 bits per heavy atom. The second-order valence-corrected chi connectivity index (χ2v) is 4.11. The fourth-order valence-electron chi connectivity index (χ4n) is 1.37. The normalized spacial score (nSPS) is 10.4. The van der Waals surface area contributed by atoms with Crippen LogP contribution < -0.4 is 5.56 Å². The third-order valence-electron chi connectivity index (χ3n) is 2.14. The second-order valence-electron chi connectivity index (χ2n) is 3.25. The number of halogens is 1. The van der Waals surface area contributed by atoms with Crippen LogP contribution in [0, 0.1) is 0 Å². The van der Waals surface area contributed by atoms with Crippen molar-refractivity contribution in [2.45, 2.75) is 6.54 Å². The van der Waals surface area contributed by atoms with Gasteiger partial charge in [-0.25, -0.2) is 9.78 Å². The number of rotatable bonds is 3. The second kappa shape index (κ2) is 4.54. The van der Waals surface area contributed by atoms with Crippen LogP contribution in [0.2, 0.25) is 0 Å². The average Bonchev–Trinajstić information content (AvgIpc) is 2.73. The van der Waals surface area contributed by atoms with E-state index in [1.54, 1.807) is 0 Å². The molecule has 2 aromatic rings. The van der Waals surface area contributed by atoms with E-state index in [0.717, 1.165) is 0 Å². The maximum absolute atomic E-state index is 11.7. The van der Waals surface area contributed by atoms with Gasteiger partial charge in [-0.15, -0.1) is 0 Å². The quantitative estimate of drug-likeness (QED) is 0.924. The van der Waals surface area contributed by atoms with E-state index in [9.17, 15) is 9.59 Å². The van der Waals surface area contributed by atoms with Crippen LogP contribution in [0.4, 0.5) is 0 Å². The molecule has 0 aliphatic rings. The molecule has 0 radical (unpaired) electrons. The summed E-state index contributed by atoms with van der Waals surface area (Å²) in [5.74, 6) is -1.34. The van der Waals surface area contributed by atoms with Gasteiger partial charge < -0.3 is 9.52 Å². The lowest BCUT2D eigenvalue weighted by Crippen LogP contribution is -2.21. The van der Waals surface area contributed by atoms with E-state index >= 15 is 0 Å². The highest BCUT2D eigenvalue weighted by Crippen LogP contribution is 2.11. The van der Waals surface area contributed by atoms with Gasteiger partial charge in [0.25, 0.3) is 5.56 Å². The fraction of sp³-hybridized carbons (Fsp3) is 0.100. The molecule has 0 aliphatic carbocycles. The lowest BCUT2D eigenvalue weighted by Gasteiger charge is -2.03. The molecule has 0 saturated carbocycles. The van der Waals surface area contributed by atoms with Crippen LogP contribution in [0.25, 0.3) is 0 Å². The van der Waals surface area contributed by atoms with Crippen LogP contribution in [0.5, 0.6) is 0 Å². The predicted octanol–water partition coefficient (Wildman–Crippen LogP) is 1.35. The third-order valence-corrected chi connectivity index (χ3v) is 2.68. The highest BCUT2D eigenvalue weighted by Gasteiger charge is 2.14. The van der Waals surface area contributed by atoms with Crippen molar-refractivity contribution >= 4 is 21.9 Å². The number of carbonyl (C=O) groups is 1. The molecule has 6 nitrogen and oxygen atoms in total. The van der Waals surface area contributed by atoms with E-state index in [4.69, 9.17) is 9.52 Å². The summed E-state index contributed by atoms with van der Waals surface area (Å²) in [6.45, 7) is 0.101. The van der Waals surface area contributed by atoms with Gasteiger partial charge >= 0.3 is 5.97 Å². The van der Waals surface area contributed by atoms with Crippen LogP contribution >= 0.6 is 15.9 Å². The van der Waals surface area contributed by atoms with E-state index in [1.165, 1.54) is 29.4 Å². The maximum atomic E-state index is 11.7. The van der Waals surface area contributed by atoms with Gasteiger partial charge in [0.1, 0.15) is 4.47 Å². The highest BCUT2D eigenvalue weighted by molar-refractivity contribution is 9.10. The summed E-state index contributed by atoms with van der Waals surface area (Å²) in [4.78, 5) is 26.3. The molecule has 2 rings (SSSR count). The van der Waals surface area contributed by atoms with Crippen molar-refractivity contribution in [1.29, 1.82) is 0 Å². The molecule has 7 heteroatoms. The Kier molecular flexibility index (Phi) is 3.10. The Hall–Kier alpha value is -1.89. The predicted molar refractivity (Wildman–Crippen MR) is 61.0 cm³/mol. The number of carboxylic acid groups (broad SMARTS) is 1. The Morgan fingerprint density at radius 1 is 1.59 bits per heavy atom. The smallest absolute Gasteiger partial charge is 0.372 e. The standard InChI is InChI=1S/C10H7BrN2O4/c11-7-3-12-5-13(9(7)14)4-6-1-2-17-8(6)10(15)16/h1-3,5H,4H2,(H,15,16). The molecular weight excluding hydrogens is 292 g/mol. The molecule has 0 atom stereocenters. The molecule has 17 heavy (non-hydrogen) atoms. The zero-order valence-electron chi connectivity index (χ0n) is 8.46. The van der Waals surface area contributed by atoms with Gasteiger partial charge in [-0.3, -0.25) is 9.36 Å². The Morgan fingerprint density at radius 2 is 2.35 bits per heavy atom. The van der Waals surface area contributed by atoms with Crippen molar-refractivity contribution in [2.24, 2.45) is 0 Å².